The molecule has 0 radical (unpaired) electrons. The molecule has 0 amide bonds. The highest BCUT2D eigenvalue weighted by atomic mass is 32.2. The molecule has 0 heterocycles. The zero-order chi connectivity index (χ0) is 17.3. The molecule has 2 atom stereocenters. The zero-order valence-electron chi connectivity index (χ0n) is 11.5. The summed E-state index contributed by atoms with van der Waals surface area (Å²) in [6.45, 7) is 0. The summed E-state index contributed by atoms with van der Waals surface area (Å²) in [5.41, 5.74) is 5.92. The maximum atomic E-state index is 11.4. The summed E-state index contributed by atoms with van der Waals surface area (Å²) in [6.07, 6.45) is 2.69. The van der Waals surface area contributed by atoms with E-state index >= 15 is 0 Å². The van der Waals surface area contributed by atoms with Gasteiger partial charge in [0.1, 0.15) is 10.9 Å². The monoisotopic (exact) mass is 359 g/mol. The molecule has 0 aliphatic heterocycles. The molecule has 1 aliphatic carbocycles. The van der Waals surface area contributed by atoms with E-state index in [-0.39, 0.29) is 0 Å². The normalized spacial score (nSPS) is 25.5. The molecule has 1 aliphatic rings. The molecule has 0 saturated carbocycles. The van der Waals surface area contributed by atoms with Gasteiger partial charge in [-0.25, -0.2) is 0 Å². The Balaban J connectivity index is 2.43. The smallest absolute Gasteiger partial charge is 0.293 e. The number of hydrogen-bond donors (Lipinski definition) is 3. The summed E-state index contributed by atoms with van der Waals surface area (Å²) < 4.78 is 63.8. The predicted molar refractivity (Wildman–Crippen MR) is 82.0 cm³/mol. The minimum atomic E-state index is -5.04. The molecular formula is C12H13N3O6S2. The number of azo groups is 1. The third-order valence-corrected chi connectivity index (χ3v) is 5.38. The van der Waals surface area contributed by atoms with Crippen molar-refractivity contribution < 1.29 is 25.9 Å². The average Bonchev–Trinajstić information content (AvgIpc) is 2.45. The highest BCUT2D eigenvalue weighted by Gasteiger charge is 2.48. The fourth-order valence-electron chi connectivity index (χ4n) is 1.87. The molecular weight excluding hydrogens is 346 g/mol. The van der Waals surface area contributed by atoms with Crippen molar-refractivity contribution in [2.45, 2.75) is 10.9 Å². The fourth-order valence-corrected chi connectivity index (χ4v) is 3.85. The Kier molecular flexibility index (Phi) is 4.50. The highest BCUT2D eigenvalue weighted by molar-refractivity contribution is 7.93. The Bertz CT molecular complexity index is 890. The van der Waals surface area contributed by atoms with Gasteiger partial charge in [0.05, 0.1) is 5.69 Å². The first-order valence-corrected chi connectivity index (χ1v) is 9.03. The van der Waals surface area contributed by atoms with Gasteiger partial charge in [-0.15, -0.1) is 0 Å². The van der Waals surface area contributed by atoms with Crippen LogP contribution < -0.4 is 5.73 Å². The fraction of sp³-hybridized carbons (Fsp3) is 0.167. The van der Waals surface area contributed by atoms with Gasteiger partial charge in [0.2, 0.25) is 4.87 Å². The van der Waals surface area contributed by atoms with Crippen LogP contribution in [0.25, 0.3) is 0 Å². The first kappa shape index (κ1) is 17.4. The van der Waals surface area contributed by atoms with Crippen LogP contribution in [0.4, 0.5) is 5.69 Å². The van der Waals surface area contributed by atoms with E-state index < -0.39 is 36.1 Å². The summed E-state index contributed by atoms with van der Waals surface area (Å²) in [7, 11) is -10.0. The largest absolute Gasteiger partial charge is 0.303 e. The van der Waals surface area contributed by atoms with Crippen LogP contribution in [0, 0.1) is 0 Å². The van der Waals surface area contributed by atoms with Crippen molar-refractivity contribution in [1.82, 2.24) is 0 Å². The van der Waals surface area contributed by atoms with Crippen molar-refractivity contribution in [3.05, 3.63) is 53.5 Å². The van der Waals surface area contributed by atoms with Crippen LogP contribution in [0.2, 0.25) is 0 Å². The summed E-state index contributed by atoms with van der Waals surface area (Å²) in [5, 5.41) is 7.68. The lowest BCUT2D eigenvalue weighted by molar-refractivity contribution is 0.451. The molecule has 9 nitrogen and oxygen atoms in total. The minimum Gasteiger partial charge on any atom is -0.303 e. The van der Waals surface area contributed by atoms with E-state index in [9.17, 15) is 21.4 Å². The van der Waals surface area contributed by atoms with Crippen LogP contribution in [0.5, 0.6) is 0 Å². The average molecular weight is 359 g/mol. The van der Waals surface area contributed by atoms with Crippen LogP contribution in [-0.2, 0) is 20.2 Å². The van der Waals surface area contributed by atoms with Crippen molar-refractivity contribution in [3.63, 3.8) is 0 Å². The SMILES string of the molecule is NC1(S(=O)(=O)O)C=CC(/N=N/c2ccccc2)C=C1S(=O)(=O)O. The molecule has 2 rings (SSSR count). The Morgan fingerprint density at radius 1 is 1.09 bits per heavy atom. The first-order valence-electron chi connectivity index (χ1n) is 6.15. The molecule has 0 saturated heterocycles. The molecule has 23 heavy (non-hydrogen) atoms. The predicted octanol–water partition coefficient (Wildman–Crippen LogP) is 1.02. The molecule has 0 aromatic heterocycles. The summed E-state index contributed by atoms with van der Waals surface area (Å²) in [4.78, 5) is -3.87. The molecule has 124 valence electrons. The van der Waals surface area contributed by atoms with Crippen LogP contribution in [0.15, 0.2) is 63.7 Å². The quantitative estimate of drug-likeness (QED) is 0.411. The third kappa shape index (κ3) is 3.71. The van der Waals surface area contributed by atoms with Crippen molar-refractivity contribution in [1.29, 1.82) is 0 Å². The topological polar surface area (TPSA) is 159 Å². The van der Waals surface area contributed by atoms with E-state index in [0.29, 0.717) is 5.69 Å². The van der Waals surface area contributed by atoms with Crippen LogP contribution >= 0.6 is 0 Å². The molecule has 1 aromatic carbocycles. The lowest BCUT2D eigenvalue weighted by Gasteiger charge is -2.27. The lowest BCUT2D eigenvalue weighted by Crippen LogP contribution is -2.51. The molecule has 0 bridgehead atoms. The van der Waals surface area contributed by atoms with Crippen molar-refractivity contribution >= 4 is 25.9 Å². The number of hydrogen-bond acceptors (Lipinski definition) is 7. The van der Waals surface area contributed by atoms with Gasteiger partial charge in [-0.1, -0.05) is 24.3 Å². The standard InChI is InChI=1S/C12H13N3O6S2/c13-12(23(19,20)21)7-6-10(8-11(12)22(16,17)18)15-14-9-4-2-1-3-5-9/h1-8,10H,13H2,(H,16,17,18)(H,19,20,21)/b15-14+. The highest BCUT2D eigenvalue weighted by Crippen LogP contribution is 2.31. The van der Waals surface area contributed by atoms with Gasteiger partial charge in [-0.2, -0.15) is 27.1 Å². The maximum Gasteiger partial charge on any atom is 0.293 e. The molecule has 4 N–H and O–H groups in total. The second-order valence-corrected chi connectivity index (χ2v) is 7.69. The van der Waals surface area contributed by atoms with E-state index in [0.717, 1.165) is 18.2 Å². The van der Waals surface area contributed by atoms with E-state index in [4.69, 9.17) is 10.3 Å². The Morgan fingerprint density at radius 3 is 2.22 bits per heavy atom. The molecule has 1 aromatic rings. The van der Waals surface area contributed by atoms with E-state index in [2.05, 4.69) is 10.2 Å². The van der Waals surface area contributed by atoms with Gasteiger partial charge in [-0.3, -0.25) is 9.11 Å². The van der Waals surface area contributed by atoms with Gasteiger partial charge in [-0.05, 0) is 24.3 Å². The van der Waals surface area contributed by atoms with E-state index in [1.54, 1.807) is 30.3 Å². The minimum absolute atomic E-state index is 0.488. The Morgan fingerprint density at radius 2 is 1.70 bits per heavy atom. The van der Waals surface area contributed by atoms with Crippen molar-refractivity contribution in [2.75, 3.05) is 0 Å². The third-order valence-electron chi connectivity index (χ3n) is 3.02. The number of nitrogens with zero attached hydrogens (tertiary/aromatic N) is 2. The number of rotatable bonds is 4. The second kappa shape index (κ2) is 5.94. The lowest BCUT2D eigenvalue weighted by atomic mass is 10.1. The van der Waals surface area contributed by atoms with Gasteiger partial charge in [0, 0.05) is 0 Å². The second-order valence-electron chi connectivity index (χ2n) is 4.67. The summed E-state index contributed by atoms with van der Waals surface area (Å²) >= 11 is 0. The summed E-state index contributed by atoms with van der Waals surface area (Å²) in [6, 6.07) is 7.52. The van der Waals surface area contributed by atoms with Gasteiger partial charge < -0.3 is 5.73 Å². The van der Waals surface area contributed by atoms with Crippen LogP contribution in [0.1, 0.15) is 0 Å². The van der Waals surface area contributed by atoms with E-state index in [1.807, 2.05) is 0 Å². The van der Waals surface area contributed by atoms with Crippen molar-refractivity contribution in [2.24, 2.45) is 16.0 Å². The van der Waals surface area contributed by atoms with Crippen molar-refractivity contribution in [3.8, 4) is 0 Å². The molecule has 11 heteroatoms. The van der Waals surface area contributed by atoms with E-state index in [1.165, 1.54) is 0 Å². The zero-order valence-corrected chi connectivity index (χ0v) is 13.1. The maximum absolute atomic E-state index is 11.4. The van der Waals surface area contributed by atoms with Gasteiger partial charge in [0.15, 0.2) is 0 Å². The Labute approximate surface area is 132 Å². The van der Waals surface area contributed by atoms with Gasteiger partial charge in [0.25, 0.3) is 20.2 Å². The number of benzene rings is 1. The van der Waals surface area contributed by atoms with Gasteiger partial charge >= 0.3 is 0 Å². The first-order chi connectivity index (χ1) is 10.5. The summed E-state index contributed by atoms with van der Waals surface area (Å²) in [5.74, 6) is 0. The molecule has 0 fully saturated rings. The van der Waals surface area contributed by atoms with Crippen LogP contribution in [0.3, 0.4) is 0 Å². The molecule has 2 unspecified atom stereocenters. The number of nitrogens with two attached hydrogens (primary N) is 1. The molecule has 0 spiro atoms. The van der Waals surface area contributed by atoms with Crippen LogP contribution in [-0.4, -0.2) is 36.9 Å². The Hall–Kier alpha value is -1.92.